The van der Waals surface area contributed by atoms with Crippen LogP contribution in [0.15, 0.2) is 0 Å². The van der Waals surface area contributed by atoms with Crippen LogP contribution in [0.4, 0.5) is 4.79 Å². The van der Waals surface area contributed by atoms with Crippen LogP contribution in [0.25, 0.3) is 0 Å². The molecular weight excluding hydrogens is 682 g/mol. The fourth-order valence-corrected chi connectivity index (χ4v) is 5.15. The third kappa shape index (κ3) is 48.9. The summed E-state index contributed by atoms with van der Waals surface area (Å²) in [6.07, 6.45) is 21.7. The van der Waals surface area contributed by atoms with Crippen LogP contribution in [0.3, 0.4) is 0 Å². The van der Waals surface area contributed by atoms with Gasteiger partial charge in [-0.15, -0.1) is 0 Å². The lowest BCUT2D eigenvalue weighted by molar-refractivity contribution is -0.0250. The molecule has 0 aliphatic carbocycles. The van der Waals surface area contributed by atoms with Crippen LogP contribution < -0.4 is 5.32 Å². The van der Waals surface area contributed by atoms with E-state index in [1.807, 2.05) is 20.8 Å². The highest BCUT2D eigenvalue weighted by Gasteiger charge is 2.15. The lowest BCUT2D eigenvalue weighted by atomic mass is 10.0. The molecule has 0 bridgehead atoms. The van der Waals surface area contributed by atoms with E-state index < -0.39 is 11.7 Å². The SMILES string of the molecule is CCCCCCCCCCCCCCCCCCOCCOCCOCCOCCOCCOCCOCCOCCOCCNC(=O)OC(C)(C)C. The molecule has 0 aromatic heterocycles. The minimum absolute atomic E-state index is 0.389. The van der Waals surface area contributed by atoms with Crippen LogP contribution in [-0.4, -0.2) is 137 Å². The summed E-state index contributed by atoms with van der Waals surface area (Å²) in [5.74, 6) is 0. The molecule has 12 heteroatoms. The quantitative estimate of drug-likeness (QED) is 0.0609. The van der Waals surface area contributed by atoms with Crippen molar-refractivity contribution in [3.8, 4) is 0 Å². The molecule has 0 fully saturated rings. The van der Waals surface area contributed by atoms with E-state index in [4.69, 9.17) is 47.4 Å². The molecule has 0 saturated heterocycles. The van der Waals surface area contributed by atoms with Gasteiger partial charge in [0, 0.05) is 13.2 Å². The van der Waals surface area contributed by atoms with Gasteiger partial charge in [-0.05, 0) is 27.2 Å². The Labute approximate surface area is 324 Å². The fourth-order valence-electron chi connectivity index (χ4n) is 5.15. The normalized spacial score (nSPS) is 11.8. The summed E-state index contributed by atoms with van der Waals surface area (Å²) in [6, 6.07) is 0. The summed E-state index contributed by atoms with van der Waals surface area (Å²) in [4.78, 5) is 11.5. The average molecular weight is 766 g/mol. The second-order valence-corrected chi connectivity index (χ2v) is 14.2. The Morgan fingerprint density at radius 2 is 0.604 bits per heavy atom. The first kappa shape index (κ1) is 51.9. The number of carbonyl (C=O) groups excluding carboxylic acids is 1. The predicted octanol–water partition coefficient (Wildman–Crippen LogP) is 7.92. The highest BCUT2D eigenvalue weighted by atomic mass is 16.6. The van der Waals surface area contributed by atoms with Crippen molar-refractivity contribution in [3.63, 3.8) is 0 Å². The number of rotatable bonds is 44. The lowest BCUT2D eigenvalue weighted by Crippen LogP contribution is -2.34. The number of amides is 1. The number of hydrogen-bond donors (Lipinski definition) is 1. The van der Waals surface area contributed by atoms with Crippen molar-refractivity contribution >= 4 is 6.09 Å². The summed E-state index contributed by atoms with van der Waals surface area (Å²) in [7, 11) is 0. The van der Waals surface area contributed by atoms with Crippen LogP contribution >= 0.6 is 0 Å². The molecule has 0 aromatic rings. The maximum absolute atomic E-state index is 11.5. The molecule has 0 saturated carbocycles. The van der Waals surface area contributed by atoms with Crippen LogP contribution in [0.2, 0.25) is 0 Å². The molecule has 0 aliphatic rings. The molecule has 53 heavy (non-hydrogen) atoms. The second-order valence-electron chi connectivity index (χ2n) is 14.2. The van der Waals surface area contributed by atoms with Gasteiger partial charge in [0.05, 0.1) is 112 Å². The maximum atomic E-state index is 11.5. The zero-order valence-electron chi connectivity index (χ0n) is 34.7. The molecule has 0 heterocycles. The topological polar surface area (TPSA) is 121 Å². The molecule has 0 aromatic carbocycles. The Balaban J connectivity index is 3.09. The first-order valence-corrected chi connectivity index (χ1v) is 21.1. The van der Waals surface area contributed by atoms with Gasteiger partial charge in [-0.2, -0.15) is 0 Å². The predicted molar refractivity (Wildman–Crippen MR) is 211 cm³/mol. The molecule has 0 atom stereocenters. The molecule has 318 valence electrons. The number of hydrogen-bond acceptors (Lipinski definition) is 11. The Morgan fingerprint density at radius 3 is 0.887 bits per heavy atom. The molecule has 0 unspecified atom stereocenters. The number of unbranched alkanes of at least 4 members (excludes halogenated alkanes) is 15. The van der Waals surface area contributed by atoms with Crippen LogP contribution in [0.5, 0.6) is 0 Å². The largest absolute Gasteiger partial charge is 0.444 e. The first-order valence-electron chi connectivity index (χ1n) is 21.1. The van der Waals surface area contributed by atoms with Gasteiger partial charge in [0.1, 0.15) is 5.60 Å². The van der Waals surface area contributed by atoms with Gasteiger partial charge in [-0.1, -0.05) is 103 Å². The summed E-state index contributed by atoms with van der Waals surface area (Å²) in [5.41, 5.74) is -0.507. The number of alkyl carbamates (subject to hydrolysis) is 1. The average Bonchev–Trinajstić information content (AvgIpc) is 3.12. The van der Waals surface area contributed by atoms with E-state index in [-0.39, 0.29) is 0 Å². The maximum Gasteiger partial charge on any atom is 0.407 e. The molecule has 0 aliphatic heterocycles. The third-order valence-electron chi connectivity index (χ3n) is 8.03. The Morgan fingerprint density at radius 1 is 0.358 bits per heavy atom. The van der Waals surface area contributed by atoms with E-state index in [0.717, 1.165) is 13.0 Å². The standard InChI is InChI=1S/C41H83NO11/c1-5-6-7-8-9-10-11-12-13-14-15-16-17-18-19-20-22-44-24-26-46-28-30-48-32-34-50-36-38-52-39-37-51-35-33-49-31-29-47-27-25-45-23-21-42-40(43)53-41(2,3)4/h5-39H2,1-4H3,(H,42,43). The van der Waals surface area contributed by atoms with Crippen LogP contribution in [-0.2, 0) is 47.4 Å². The summed E-state index contributed by atoms with van der Waals surface area (Å²) in [5, 5.41) is 2.64. The molecule has 0 spiro atoms. The Hall–Kier alpha value is -1.09. The highest BCUT2D eigenvalue weighted by molar-refractivity contribution is 5.67. The van der Waals surface area contributed by atoms with Crippen molar-refractivity contribution < 1.29 is 52.2 Å². The lowest BCUT2D eigenvalue weighted by Gasteiger charge is -2.19. The van der Waals surface area contributed by atoms with E-state index in [1.54, 1.807) is 0 Å². The van der Waals surface area contributed by atoms with Crippen molar-refractivity contribution in [1.29, 1.82) is 0 Å². The van der Waals surface area contributed by atoms with E-state index in [1.165, 1.54) is 96.3 Å². The number of nitrogens with one attached hydrogen (secondary N) is 1. The van der Waals surface area contributed by atoms with Crippen molar-refractivity contribution in [1.82, 2.24) is 5.32 Å². The zero-order valence-corrected chi connectivity index (χ0v) is 34.7. The molecule has 0 rings (SSSR count). The van der Waals surface area contributed by atoms with Gasteiger partial charge < -0.3 is 52.7 Å². The highest BCUT2D eigenvalue weighted by Crippen LogP contribution is 2.13. The van der Waals surface area contributed by atoms with Gasteiger partial charge in [-0.3, -0.25) is 0 Å². The first-order chi connectivity index (χ1) is 26.0. The van der Waals surface area contributed by atoms with E-state index in [9.17, 15) is 4.79 Å². The molecular formula is C41H83NO11. The van der Waals surface area contributed by atoms with Gasteiger partial charge >= 0.3 is 6.09 Å². The summed E-state index contributed by atoms with van der Waals surface area (Å²) in [6.45, 7) is 17.8. The smallest absolute Gasteiger partial charge is 0.407 e. The van der Waals surface area contributed by atoms with Crippen LogP contribution in [0.1, 0.15) is 130 Å². The van der Waals surface area contributed by atoms with Gasteiger partial charge in [0.25, 0.3) is 0 Å². The van der Waals surface area contributed by atoms with E-state index in [0.29, 0.717) is 119 Å². The molecule has 1 amide bonds. The third-order valence-corrected chi connectivity index (χ3v) is 8.03. The van der Waals surface area contributed by atoms with Crippen molar-refractivity contribution in [2.24, 2.45) is 0 Å². The van der Waals surface area contributed by atoms with Crippen molar-refractivity contribution in [2.75, 3.05) is 125 Å². The Bertz CT molecular complexity index is 712. The fraction of sp³-hybridized carbons (Fsp3) is 0.976. The monoisotopic (exact) mass is 766 g/mol. The molecule has 0 radical (unpaired) electrons. The van der Waals surface area contributed by atoms with Gasteiger partial charge in [0.15, 0.2) is 0 Å². The summed E-state index contributed by atoms with van der Waals surface area (Å²) < 4.78 is 54.8. The molecule has 1 N–H and O–H groups in total. The van der Waals surface area contributed by atoms with Gasteiger partial charge in [0.2, 0.25) is 0 Å². The van der Waals surface area contributed by atoms with Gasteiger partial charge in [-0.25, -0.2) is 4.79 Å². The van der Waals surface area contributed by atoms with Crippen LogP contribution in [0, 0.1) is 0 Å². The zero-order chi connectivity index (χ0) is 38.6. The van der Waals surface area contributed by atoms with E-state index >= 15 is 0 Å². The Kier molecular flexibility index (Phi) is 42.7. The minimum atomic E-state index is -0.507. The summed E-state index contributed by atoms with van der Waals surface area (Å²) >= 11 is 0. The number of ether oxygens (including phenoxy) is 10. The minimum Gasteiger partial charge on any atom is -0.444 e. The van der Waals surface area contributed by atoms with E-state index in [2.05, 4.69) is 12.2 Å². The van der Waals surface area contributed by atoms with Crippen molar-refractivity contribution in [3.05, 3.63) is 0 Å². The number of carbonyl (C=O) groups is 1. The second kappa shape index (κ2) is 43.6. The van der Waals surface area contributed by atoms with Crippen molar-refractivity contribution in [2.45, 2.75) is 136 Å². The molecule has 12 nitrogen and oxygen atoms in total.